The number of carbonyl (C=O) groups is 3. The van der Waals surface area contributed by atoms with Crippen LogP contribution in [0.25, 0.3) is 0 Å². The Morgan fingerprint density at radius 2 is 1.67 bits per heavy atom. The highest BCUT2D eigenvalue weighted by Gasteiger charge is 2.40. The van der Waals surface area contributed by atoms with E-state index in [1.165, 1.54) is 38.1 Å². The van der Waals surface area contributed by atoms with Crippen LogP contribution < -0.4 is 5.32 Å². The first-order chi connectivity index (χ1) is 11.1. The van der Waals surface area contributed by atoms with Crippen LogP contribution in [0.2, 0.25) is 0 Å². The summed E-state index contributed by atoms with van der Waals surface area (Å²) in [4.78, 5) is 35.0. The summed E-state index contributed by atoms with van der Waals surface area (Å²) in [6, 6.07) is 5.07. The Morgan fingerprint density at radius 3 is 2.08 bits per heavy atom. The first-order valence-corrected chi connectivity index (χ1v) is 7.63. The Hall–Kier alpha value is -2.18. The van der Waals surface area contributed by atoms with Gasteiger partial charge in [-0.05, 0) is 38.2 Å². The van der Waals surface area contributed by atoms with Gasteiger partial charge in [0.1, 0.15) is 5.78 Å². The third-order valence-electron chi connectivity index (χ3n) is 4.11. The topological polar surface area (TPSA) is 63.2 Å². The van der Waals surface area contributed by atoms with Gasteiger partial charge in [-0.15, -0.1) is 0 Å². The lowest BCUT2D eigenvalue weighted by Gasteiger charge is -2.16. The molecule has 24 heavy (non-hydrogen) atoms. The molecule has 2 atom stereocenters. The molecule has 0 saturated heterocycles. The molecule has 0 heterocycles. The number of Topliss-reactive ketones (excluding diaryl/α,β-unsaturated/α-hetero) is 2. The Labute approximate surface area is 137 Å². The lowest BCUT2D eigenvalue weighted by atomic mass is 9.89. The summed E-state index contributed by atoms with van der Waals surface area (Å²) in [5, 5.41) is 1.85. The second kappa shape index (κ2) is 6.75. The molecule has 1 aromatic carbocycles. The summed E-state index contributed by atoms with van der Waals surface area (Å²) in [5.41, 5.74) is 0.787. The fourth-order valence-corrected chi connectivity index (χ4v) is 2.64. The van der Waals surface area contributed by atoms with Crippen molar-refractivity contribution in [3.05, 3.63) is 35.4 Å². The van der Waals surface area contributed by atoms with Gasteiger partial charge in [-0.1, -0.05) is 24.3 Å². The molecule has 0 bridgehead atoms. The minimum Gasteiger partial charge on any atom is -0.342 e. The molecule has 1 amide bonds. The molecular weight excluding hydrogens is 323 g/mol. The highest BCUT2D eigenvalue weighted by Crippen LogP contribution is 2.39. The van der Waals surface area contributed by atoms with Crippen molar-refractivity contribution in [1.29, 1.82) is 0 Å². The Morgan fingerprint density at radius 1 is 1.12 bits per heavy atom. The van der Waals surface area contributed by atoms with Crippen molar-refractivity contribution in [3.63, 3.8) is 0 Å². The number of benzene rings is 1. The van der Waals surface area contributed by atoms with Gasteiger partial charge < -0.3 is 5.32 Å². The monoisotopic (exact) mass is 341 g/mol. The van der Waals surface area contributed by atoms with Gasteiger partial charge in [0.15, 0.2) is 5.78 Å². The van der Waals surface area contributed by atoms with E-state index in [0.717, 1.165) is 12.8 Å². The molecule has 0 radical (unpaired) electrons. The van der Waals surface area contributed by atoms with E-state index in [1.807, 2.05) is 5.32 Å². The van der Waals surface area contributed by atoms with Gasteiger partial charge in [0.2, 0.25) is 0 Å². The van der Waals surface area contributed by atoms with Crippen molar-refractivity contribution < 1.29 is 27.6 Å². The van der Waals surface area contributed by atoms with E-state index >= 15 is 0 Å². The quantitative estimate of drug-likeness (QED) is 0.638. The van der Waals surface area contributed by atoms with Crippen LogP contribution in [0.5, 0.6) is 0 Å². The summed E-state index contributed by atoms with van der Waals surface area (Å²) in [6.45, 7) is 2.81. The van der Waals surface area contributed by atoms with E-state index < -0.39 is 24.0 Å². The van der Waals surface area contributed by atoms with Gasteiger partial charge >= 0.3 is 12.1 Å². The fourth-order valence-electron chi connectivity index (χ4n) is 2.64. The smallest absolute Gasteiger partial charge is 0.342 e. The number of rotatable bonds is 6. The first kappa shape index (κ1) is 18.2. The second-order valence-corrected chi connectivity index (χ2v) is 6.10. The molecule has 0 spiro atoms. The van der Waals surface area contributed by atoms with Gasteiger partial charge in [0.05, 0.1) is 12.0 Å². The summed E-state index contributed by atoms with van der Waals surface area (Å²) in [5.74, 6) is -2.99. The summed E-state index contributed by atoms with van der Waals surface area (Å²) in [6.07, 6.45) is -3.23. The number of nitrogens with one attached hydrogen (secondary N) is 1. The Balaban J connectivity index is 2.08. The zero-order valence-electron chi connectivity index (χ0n) is 13.3. The summed E-state index contributed by atoms with van der Waals surface area (Å²) >= 11 is 0. The van der Waals surface area contributed by atoms with E-state index in [2.05, 4.69) is 0 Å². The molecule has 0 aromatic heterocycles. The zero-order valence-corrected chi connectivity index (χ0v) is 13.3. The zero-order chi connectivity index (χ0) is 18.1. The van der Waals surface area contributed by atoms with Gasteiger partial charge in [-0.2, -0.15) is 13.2 Å². The molecule has 130 valence electrons. The third kappa shape index (κ3) is 4.21. The highest BCUT2D eigenvalue weighted by molar-refractivity contribution is 6.10. The summed E-state index contributed by atoms with van der Waals surface area (Å²) in [7, 11) is 0. The van der Waals surface area contributed by atoms with E-state index in [4.69, 9.17) is 0 Å². The molecular formula is C17H18F3NO3. The van der Waals surface area contributed by atoms with E-state index in [1.54, 1.807) is 0 Å². The largest absolute Gasteiger partial charge is 0.471 e. The SMILES string of the molecule is CC(=O)C(C(=O)c1ccc(C(C)NC(=O)C(F)(F)F)cc1)C1CC1. The van der Waals surface area contributed by atoms with Crippen LogP contribution in [-0.2, 0) is 9.59 Å². The number of halogens is 3. The molecule has 1 aliphatic carbocycles. The fraction of sp³-hybridized carbons (Fsp3) is 0.471. The molecule has 7 heteroatoms. The molecule has 0 aliphatic heterocycles. The number of alkyl halides is 3. The van der Waals surface area contributed by atoms with Crippen LogP contribution >= 0.6 is 0 Å². The minimum absolute atomic E-state index is 0.0969. The predicted molar refractivity (Wildman–Crippen MR) is 80.3 cm³/mol. The molecule has 1 N–H and O–H groups in total. The number of carbonyl (C=O) groups excluding carboxylic acids is 3. The molecule has 2 unspecified atom stereocenters. The van der Waals surface area contributed by atoms with Crippen molar-refractivity contribution in [2.75, 3.05) is 0 Å². The van der Waals surface area contributed by atoms with Crippen molar-refractivity contribution in [2.45, 2.75) is 38.9 Å². The molecule has 4 nitrogen and oxygen atoms in total. The van der Waals surface area contributed by atoms with Gasteiger partial charge in [-0.3, -0.25) is 14.4 Å². The van der Waals surface area contributed by atoms with Gasteiger partial charge in [-0.25, -0.2) is 0 Å². The number of hydrogen-bond acceptors (Lipinski definition) is 3. The first-order valence-electron chi connectivity index (χ1n) is 7.63. The predicted octanol–water partition coefficient (Wildman–Crippen LogP) is 3.22. The van der Waals surface area contributed by atoms with Crippen LogP contribution in [-0.4, -0.2) is 23.6 Å². The average Bonchev–Trinajstić information content (AvgIpc) is 3.30. The maximum absolute atomic E-state index is 12.4. The maximum atomic E-state index is 12.4. The summed E-state index contributed by atoms with van der Waals surface area (Å²) < 4.78 is 36.8. The second-order valence-electron chi connectivity index (χ2n) is 6.10. The van der Waals surface area contributed by atoms with E-state index in [9.17, 15) is 27.6 Å². The Kier molecular flexibility index (Phi) is 5.11. The van der Waals surface area contributed by atoms with Crippen LogP contribution in [0.1, 0.15) is 48.7 Å². The molecule has 1 fully saturated rings. The lowest BCUT2D eigenvalue weighted by Crippen LogP contribution is -2.38. The van der Waals surface area contributed by atoms with E-state index in [0.29, 0.717) is 11.1 Å². The van der Waals surface area contributed by atoms with Crippen molar-refractivity contribution >= 4 is 17.5 Å². The normalized spacial score (nSPS) is 17.0. The maximum Gasteiger partial charge on any atom is 0.471 e. The van der Waals surface area contributed by atoms with Gasteiger partial charge in [0, 0.05) is 5.56 Å². The molecule has 2 rings (SSSR count). The van der Waals surface area contributed by atoms with Crippen LogP contribution in [0.4, 0.5) is 13.2 Å². The standard InChI is InChI=1S/C17H18F3NO3/c1-9(21-16(24)17(18,19)20)11-3-7-13(8-4-11)15(23)14(10(2)22)12-5-6-12/h3-4,7-9,12,14H,5-6H2,1-2H3,(H,21,24). The number of amides is 1. The molecule has 1 aliphatic rings. The highest BCUT2D eigenvalue weighted by atomic mass is 19.4. The van der Waals surface area contributed by atoms with Crippen LogP contribution in [0.3, 0.4) is 0 Å². The van der Waals surface area contributed by atoms with Crippen LogP contribution in [0.15, 0.2) is 24.3 Å². The van der Waals surface area contributed by atoms with Crippen molar-refractivity contribution in [2.24, 2.45) is 11.8 Å². The van der Waals surface area contributed by atoms with E-state index in [-0.39, 0.29) is 17.5 Å². The van der Waals surface area contributed by atoms with Gasteiger partial charge in [0.25, 0.3) is 0 Å². The lowest BCUT2D eigenvalue weighted by molar-refractivity contribution is -0.174. The average molecular weight is 341 g/mol. The molecule has 1 saturated carbocycles. The molecule has 1 aromatic rings. The third-order valence-corrected chi connectivity index (χ3v) is 4.11. The van der Waals surface area contributed by atoms with Crippen LogP contribution in [0, 0.1) is 11.8 Å². The number of ketones is 2. The number of hydrogen-bond donors (Lipinski definition) is 1. The van der Waals surface area contributed by atoms with Crippen molar-refractivity contribution in [3.8, 4) is 0 Å². The Bertz CT molecular complexity index is 648. The van der Waals surface area contributed by atoms with Crippen molar-refractivity contribution in [1.82, 2.24) is 5.32 Å². The minimum atomic E-state index is -4.94.